The molecule has 1 aliphatic carbocycles. The molecule has 2 amide bonds. The molecule has 1 aliphatic heterocycles. The number of ether oxygens (including phenoxy) is 1. The van der Waals surface area contributed by atoms with Gasteiger partial charge in [-0.25, -0.2) is 4.79 Å². The molecule has 6 nitrogen and oxygen atoms in total. The molecule has 0 bridgehead atoms. The fraction of sp³-hybridized carbons (Fsp3) is 0.400. The van der Waals surface area contributed by atoms with E-state index in [1.54, 1.807) is 5.51 Å². The number of benzene rings is 1. The summed E-state index contributed by atoms with van der Waals surface area (Å²) in [5.41, 5.74) is 3.80. The van der Waals surface area contributed by atoms with Crippen LogP contribution in [0, 0.1) is 0 Å². The Morgan fingerprint density at radius 3 is 3.18 bits per heavy atom. The number of hydrogen-bond acceptors (Lipinski definition) is 5. The highest BCUT2D eigenvalue weighted by atomic mass is 32.1. The van der Waals surface area contributed by atoms with E-state index in [1.807, 2.05) is 11.0 Å². The zero-order valence-corrected chi connectivity index (χ0v) is 12.8. The van der Waals surface area contributed by atoms with Crippen molar-refractivity contribution in [2.24, 2.45) is 0 Å². The minimum Gasteiger partial charge on any atom is -0.367 e. The van der Waals surface area contributed by atoms with E-state index in [-0.39, 0.29) is 11.6 Å². The Balaban J connectivity index is 1.54. The van der Waals surface area contributed by atoms with Crippen molar-refractivity contribution in [2.75, 3.05) is 25.0 Å². The fourth-order valence-corrected chi connectivity index (χ4v) is 3.76. The van der Waals surface area contributed by atoms with Gasteiger partial charge in [0.05, 0.1) is 13.2 Å². The van der Waals surface area contributed by atoms with Crippen LogP contribution in [0.15, 0.2) is 29.8 Å². The molecule has 2 heterocycles. The monoisotopic (exact) mass is 316 g/mol. The van der Waals surface area contributed by atoms with E-state index in [2.05, 4.69) is 33.7 Å². The van der Waals surface area contributed by atoms with Crippen LogP contribution in [0.4, 0.5) is 9.93 Å². The molecular weight excluding hydrogens is 300 g/mol. The van der Waals surface area contributed by atoms with Gasteiger partial charge in [0.15, 0.2) is 0 Å². The summed E-state index contributed by atoms with van der Waals surface area (Å²) in [5.74, 6) is 0. The summed E-state index contributed by atoms with van der Waals surface area (Å²) in [6.07, 6.45) is 1.93. The number of amides is 2. The number of fused-ring (bicyclic) bond motifs is 2. The standard InChI is InChI=1S/C15H16N4O2S/c20-14(17-13-18-16-10-22-13)19-7-8-21-15(9-19)6-5-11-3-1-2-4-12(11)15/h1-4,10H,5-9H2,(H,17,18,20)/t15-/m1/s1. The molecule has 1 aromatic carbocycles. The molecule has 0 radical (unpaired) electrons. The number of carbonyl (C=O) groups is 1. The van der Waals surface area contributed by atoms with Gasteiger partial charge < -0.3 is 9.64 Å². The van der Waals surface area contributed by atoms with Crippen molar-refractivity contribution >= 4 is 22.5 Å². The number of urea groups is 1. The van der Waals surface area contributed by atoms with Crippen molar-refractivity contribution in [1.29, 1.82) is 0 Å². The molecule has 114 valence electrons. The van der Waals surface area contributed by atoms with E-state index in [9.17, 15) is 4.79 Å². The first-order valence-corrected chi connectivity index (χ1v) is 8.19. The Morgan fingerprint density at radius 1 is 1.41 bits per heavy atom. The smallest absolute Gasteiger partial charge is 0.323 e. The average molecular weight is 316 g/mol. The second-order valence-electron chi connectivity index (χ2n) is 5.60. The zero-order chi connectivity index (χ0) is 15.0. The molecule has 1 saturated heterocycles. The second-order valence-corrected chi connectivity index (χ2v) is 6.43. The lowest BCUT2D eigenvalue weighted by Crippen LogP contribution is -2.52. The number of hydrogen-bond donors (Lipinski definition) is 1. The van der Waals surface area contributed by atoms with Crippen LogP contribution in [0.5, 0.6) is 0 Å². The lowest BCUT2D eigenvalue weighted by atomic mass is 9.94. The topological polar surface area (TPSA) is 67.4 Å². The Hall–Kier alpha value is -1.99. The van der Waals surface area contributed by atoms with Gasteiger partial charge in [0.2, 0.25) is 5.13 Å². The third kappa shape index (κ3) is 2.26. The summed E-state index contributed by atoms with van der Waals surface area (Å²) in [7, 11) is 0. The van der Waals surface area contributed by atoms with Gasteiger partial charge in [0.25, 0.3) is 0 Å². The van der Waals surface area contributed by atoms with Crippen LogP contribution in [-0.4, -0.2) is 40.8 Å². The molecule has 1 N–H and O–H groups in total. The van der Waals surface area contributed by atoms with E-state index in [4.69, 9.17) is 4.74 Å². The van der Waals surface area contributed by atoms with Gasteiger partial charge in [0.1, 0.15) is 11.1 Å². The predicted octanol–water partition coefficient (Wildman–Crippen LogP) is 2.24. The van der Waals surface area contributed by atoms with Crippen LogP contribution in [-0.2, 0) is 16.8 Å². The molecule has 7 heteroatoms. The Kier molecular flexibility index (Phi) is 3.31. The van der Waals surface area contributed by atoms with Gasteiger partial charge in [0, 0.05) is 6.54 Å². The number of nitrogens with zero attached hydrogens (tertiary/aromatic N) is 3. The fourth-order valence-electron chi connectivity index (χ4n) is 3.32. The zero-order valence-electron chi connectivity index (χ0n) is 12.0. The van der Waals surface area contributed by atoms with Crippen LogP contribution < -0.4 is 5.32 Å². The maximum absolute atomic E-state index is 12.4. The largest absolute Gasteiger partial charge is 0.367 e. The number of morpholine rings is 1. The van der Waals surface area contributed by atoms with Crippen molar-refractivity contribution < 1.29 is 9.53 Å². The number of nitrogens with one attached hydrogen (secondary N) is 1. The summed E-state index contributed by atoms with van der Waals surface area (Å²) >= 11 is 1.32. The summed E-state index contributed by atoms with van der Waals surface area (Å²) in [6.45, 7) is 1.72. The minimum atomic E-state index is -0.354. The number of rotatable bonds is 1. The molecule has 4 rings (SSSR count). The first-order chi connectivity index (χ1) is 10.8. The number of aromatic nitrogens is 2. The Bertz CT molecular complexity index is 687. The molecule has 2 aliphatic rings. The lowest BCUT2D eigenvalue weighted by molar-refractivity contribution is -0.100. The maximum atomic E-state index is 12.4. The van der Waals surface area contributed by atoms with Crippen LogP contribution in [0.25, 0.3) is 0 Å². The highest BCUT2D eigenvalue weighted by Gasteiger charge is 2.44. The maximum Gasteiger partial charge on any atom is 0.323 e. The third-order valence-electron chi connectivity index (χ3n) is 4.35. The highest BCUT2D eigenvalue weighted by Crippen LogP contribution is 2.42. The molecule has 0 unspecified atom stereocenters. The van der Waals surface area contributed by atoms with Crippen LogP contribution in [0.3, 0.4) is 0 Å². The van der Waals surface area contributed by atoms with Crippen molar-refractivity contribution in [1.82, 2.24) is 15.1 Å². The third-order valence-corrected chi connectivity index (χ3v) is 4.96. The summed E-state index contributed by atoms with van der Waals surface area (Å²) in [5, 5.41) is 10.9. The molecule has 2 aromatic rings. The van der Waals surface area contributed by atoms with Gasteiger partial charge >= 0.3 is 6.03 Å². The van der Waals surface area contributed by atoms with E-state index in [0.717, 1.165) is 12.8 Å². The Labute approximate surface area is 132 Å². The molecular formula is C15H16N4O2S. The van der Waals surface area contributed by atoms with E-state index in [0.29, 0.717) is 24.8 Å². The Morgan fingerprint density at radius 2 is 2.32 bits per heavy atom. The second kappa shape index (κ2) is 5.33. The van der Waals surface area contributed by atoms with Crippen LogP contribution >= 0.6 is 11.3 Å². The number of anilines is 1. The van der Waals surface area contributed by atoms with Gasteiger partial charge in [-0.1, -0.05) is 35.6 Å². The van der Waals surface area contributed by atoms with Crippen molar-refractivity contribution in [3.63, 3.8) is 0 Å². The molecule has 1 aromatic heterocycles. The molecule has 1 spiro atoms. The highest BCUT2D eigenvalue weighted by molar-refractivity contribution is 7.13. The number of carbonyl (C=O) groups excluding carboxylic acids is 1. The van der Waals surface area contributed by atoms with Gasteiger partial charge in [-0.3, -0.25) is 5.32 Å². The minimum absolute atomic E-state index is 0.135. The molecule has 22 heavy (non-hydrogen) atoms. The van der Waals surface area contributed by atoms with Gasteiger partial charge in [-0.15, -0.1) is 10.2 Å². The molecule has 1 atom stereocenters. The molecule has 0 saturated carbocycles. The van der Waals surface area contributed by atoms with Crippen LogP contribution in [0.2, 0.25) is 0 Å². The van der Waals surface area contributed by atoms with Crippen molar-refractivity contribution in [3.8, 4) is 0 Å². The lowest BCUT2D eigenvalue weighted by Gasteiger charge is -2.40. The van der Waals surface area contributed by atoms with Gasteiger partial charge in [-0.2, -0.15) is 0 Å². The normalized spacial score (nSPS) is 23.5. The first kappa shape index (κ1) is 13.7. The van der Waals surface area contributed by atoms with Crippen LogP contribution in [0.1, 0.15) is 17.5 Å². The summed E-state index contributed by atoms with van der Waals surface area (Å²) in [4.78, 5) is 14.2. The summed E-state index contributed by atoms with van der Waals surface area (Å²) < 4.78 is 6.12. The quantitative estimate of drug-likeness (QED) is 0.876. The van der Waals surface area contributed by atoms with Gasteiger partial charge in [-0.05, 0) is 24.0 Å². The number of aryl methyl sites for hydroxylation is 1. The van der Waals surface area contributed by atoms with Crippen molar-refractivity contribution in [2.45, 2.75) is 18.4 Å². The van der Waals surface area contributed by atoms with E-state index in [1.165, 1.54) is 22.5 Å². The molecule has 1 fully saturated rings. The summed E-state index contributed by atoms with van der Waals surface area (Å²) in [6, 6.07) is 8.22. The van der Waals surface area contributed by atoms with E-state index < -0.39 is 0 Å². The first-order valence-electron chi connectivity index (χ1n) is 7.31. The van der Waals surface area contributed by atoms with E-state index >= 15 is 0 Å². The predicted molar refractivity (Wildman–Crippen MR) is 82.9 cm³/mol. The SMILES string of the molecule is O=C(Nc1nncs1)N1CCO[C@]2(CCc3ccccc32)C1. The van der Waals surface area contributed by atoms with Crippen molar-refractivity contribution in [3.05, 3.63) is 40.9 Å². The average Bonchev–Trinajstić information content (AvgIpc) is 3.17.